The van der Waals surface area contributed by atoms with Gasteiger partial charge in [0.1, 0.15) is 5.38 Å². The van der Waals surface area contributed by atoms with E-state index in [1.54, 1.807) is 32.4 Å². The highest BCUT2D eigenvalue weighted by molar-refractivity contribution is 6.30. The van der Waals surface area contributed by atoms with Crippen LogP contribution in [0.1, 0.15) is 22.1 Å². The van der Waals surface area contributed by atoms with Crippen LogP contribution in [0.25, 0.3) is 0 Å². The molecule has 0 aliphatic rings. The molecule has 0 radical (unpaired) electrons. The molecule has 0 saturated carbocycles. The van der Waals surface area contributed by atoms with Crippen LogP contribution in [0.15, 0.2) is 42.5 Å². The van der Waals surface area contributed by atoms with Gasteiger partial charge in [0, 0.05) is 6.54 Å². The molecule has 0 heterocycles. The van der Waals surface area contributed by atoms with E-state index in [-0.39, 0.29) is 5.91 Å². The van der Waals surface area contributed by atoms with Crippen LogP contribution in [0.5, 0.6) is 11.5 Å². The maximum absolute atomic E-state index is 12.3. The number of ether oxygens (including phenoxy) is 2. The molecule has 1 amide bonds. The van der Waals surface area contributed by atoms with Gasteiger partial charge in [-0.05, 0) is 35.7 Å². The van der Waals surface area contributed by atoms with Crippen molar-refractivity contribution in [3.05, 3.63) is 59.2 Å². The van der Waals surface area contributed by atoms with Gasteiger partial charge >= 0.3 is 0 Å². The second kappa shape index (κ2) is 7.88. The van der Waals surface area contributed by atoms with Crippen molar-refractivity contribution in [3.8, 4) is 11.5 Å². The van der Waals surface area contributed by atoms with Gasteiger partial charge in [-0.1, -0.05) is 30.3 Å². The Bertz CT molecular complexity index is 688. The monoisotopic (exact) mass is 333 g/mol. The summed E-state index contributed by atoms with van der Waals surface area (Å²) in [7, 11) is 3.10. The number of methoxy groups -OCH3 is 2. The molecule has 4 nitrogen and oxygen atoms in total. The topological polar surface area (TPSA) is 47.6 Å². The number of carbonyl (C=O) groups excluding carboxylic acids is 1. The number of nitrogens with one attached hydrogen (secondary N) is 1. The third-order valence-electron chi connectivity index (χ3n) is 3.64. The molecule has 1 atom stereocenters. The van der Waals surface area contributed by atoms with Gasteiger partial charge in [0.05, 0.1) is 14.2 Å². The average Bonchev–Trinajstić information content (AvgIpc) is 2.59. The van der Waals surface area contributed by atoms with Crippen LogP contribution in [-0.2, 0) is 11.3 Å². The van der Waals surface area contributed by atoms with Crippen LogP contribution in [0, 0.1) is 6.92 Å². The standard InChI is InChI=1S/C18H20ClNO3/c1-12-6-4-5-7-14(12)11-20-18(21)17(19)13-8-9-15(22-2)16(10-13)23-3/h4-10,17H,11H2,1-3H3,(H,20,21). The molecule has 0 fully saturated rings. The summed E-state index contributed by atoms with van der Waals surface area (Å²) < 4.78 is 10.4. The van der Waals surface area contributed by atoms with Gasteiger partial charge in [0.15, 0.2) is 11.5 Å². The highest BCUT2D eigenvalue weighted by Gasteiger charge is 2.19. The van der Waals surface area contributed by atoms with Crippen molar-refractivity contribution in [2.45, 2.75) is 18.8 Å². The third kappa shape index (κ3) is 4.17. The van der Waals surface area contributed by atoms with Crippen molar-refractivity contribution in [2.75, 3.05) is 14.2 Å². The number of amides is 1. The van der Waals surface area contributed by atoms with E-state index < -0.39 is 5.38 Å². The van der Waals surface area contributed by atoms with Crippen molar-refractivity contribution in [1.29, 1.82) is 0 Å². The number of halogens is 1. The molecule has 1 N–H and O–H groups in total. The highest BCUT2D eigenvalue weighted by atomic mass is 35.5. The summed E-state index contributed by atoms with van der Waals surface area (Å²) >= 11 is 6.28. The fourth-order valence-corrected chi connectivity index (χ4v) is 2.46. The fraction of sp³-hybridized carbons (Fsp3) is 0.278. The Morgan fingerprint density at radius 1 is 1.13 bits per heavy atom. The van der Waals surface area contributed by atoms with E-state index in [0.29, 0.717) is 23.6 Å². The average molecular weight is 334 g/mol. The summed E-state index contributed by atoms with van der Waals surface area (Å²) in [6.07, 6.45) is 0. The minimum absolute atomic E-state index is 0.248. The first-order valence-corrected chi connectivity index (χ1v) is 7.68. The number of alkyl halides is 1. The normalized spacial score (nSPS) is 11.7. The van der Waals surface area contributed by atoms with Crippen molar-refractivity contribution >= 4 is 17.5 Å². The largest absolute Gasteiger partial charge is 0.493 e. The first-order valence-electron chi connectivity index (χ1n) is 7.25. The number of hydrogen-bond donors (Lipinski definition) is 1. The Hall–Kier alpha value is -2.20. The summed E-state index contributed by atoms with van der Waals surface area (Å²) in [6, 6.07) is 13.1. The second-order valence-electron chi connectivity index (χ2n) is 5.12. The number of rotatable bonds is 6. The smallest absolute Gasteiger partial charge is 0.242 e. The fourth-order valence-electron chi connectivity index (χ4n) is 2.24. The molecule has 122 valence electrons. The zero-order valence-corrected chi connectivity index (χ0v) is 14.2. The van der Waals surface area contributed by atoms with E-state index in [0.717, 1.165) is 11.1 Å². The number of hydrogen-bond acceptors (Lipinski definition) is 3. The van der Waals surface area contributed by atoms with Gasteiger partial charge < -0.3 is 14.8 Å². The molecule has 2 aromatic carbocycles. The molecule has 0 aliphatic heterocycles. The van der Waals surface area contributed by atoms with E-state index in [1.807, 2.05) is 31.2 Å². The lowest BCUT2D eigenvalue weighted by atomic mass is 10.1. The van der Waals surface area contributed by atoms with Gasteiger partial charge in [-0.15, -0.1) is 11.6 Å². The number of carbonyl (C=O) groups is 1. The zero-order chi connectivity index (χ0) is 16.8. The lowest BCUT2D eigenvalue weighted by Crippen LogP contribution is -2.26. The molecule has 0 bridgehead atoms. The quantitative estimate of drug-likeness (QED) is 0.821. The predicted octanol–water partition coefficient (Wildman–Crippen LogP) is 3.61. The van der Waals surface area contributed by atoms with Gasteiger partial charge in [-0.3, -0.25) is 4.79 Å². The molecule has 0 saturated heterocycles. The first kappa shape index (κ1) is 17.2. The maximum Gasteiger partial charge on any atom is 0.242 e. The summed E-state index contributed by atoms with van der Waals surface area (Å²) in [4.78, 5) is 12.3. The van der Waals surface area contributed by atoms with E-state index in [4.69, 9.17) is 21.1 Å². The third-order valence-corrected chi connectivity index (χ3v) is 4.09. The van der Waals surface area contributed by atoms with Crippen LogP contribution in [0.4, 0.5) is 0 Å². The number of aryl methyl sites for hydroxylation is 1. The molecule has 5 heteroatoms. The van der Waals surface area contributed by atoms with Crippen molar-refractivity contribution in [2.24, 2.45) is 0 Å². The van der Waals surface area contributed by atoms with Crippen LogP contribution < -0.4 is 14.8 Å². The summed E-state index contributed by atoms with van der Waals surface area (Å²) in [6.45, 7) is 2.45. The van der Waals surface area contributed by atoms with Crippen molar-refractivity contribution in [1.82, 2.24) is 5.32 Å². The minimum Gasteiger partial charge on any atom is -0.493 e. The highest BCUT2D eigenvalue weighted by Crippen LogP contribution is 2.32. The van der Waals surface area contributed by atoms with Crippen LogP contribution in [-0.4, -0.2) is 20.1 Å². The lowest BCUT2D eigenvalue weighted by molar-refractivity contribution is -0.121. The molecule has 2 aromatic rings. The van der Waals surface area contributed by atoms with Gasteiger partial charge in [-0.2, -0.15) is 0 Å². The van der Waals surface area contributed by atoms with Gasteiger partial charge in [0.2, 0.25) is 5.91 Å². The van der Waals surface area contributed by atoms with E-state index in [1.165, 1.54) is 0 Å². The summed E-state index contributed by atoms with van der Waals surface area (Å²) in [5.74, 6) is 0.893. The summed E-state index contributed by atoms with van der Waals surface area (Å²) in [5.41, 5.74) is 2.86. The lowest BCUT2D eigenvalue weighted by Gasteiger charge is -2.14. The first-order chi connectivity index (χ1) is 11.1. The van der Waals surface area contributed by atoms with Crippen molar-refractivity contribution < 1.29 is 14.3 Å². The Morgan fingerprint density at radius 2 is 1.83 bits per heavy atom. The molecule has 23 heavy (non-hydrogen) atoms. The van der Waals surface area contributed by atoms with Gasteiger partial charge in [-0.25, -0.2) is 0 Å². The van der Waals surface area contributed by atoms with Crippen LogP contribution >= 0.6 is 11.6 Å². The molecule has 1 unspecified atom stereocenters. The Morgan fingerprint density at radius 3 is 2.48 bits per heavy atom. The molecule has 0 aliphatic carbocycles. The van der Waals surface area contributed by atoms with Crippen LogP contribution in [0.2, 0.25) is 0 Å². The molecule has 0 spiro atoms. The Kier molecular flexibility index (Phi) is 5.88. The second-order valence-corrected chi connectivity index (χ2v) is 5.56. The maximum atomic E-state index is 12.3. The molecular formula is C18H20ClNO3. The molecular weight excluding hydrogens is 314 g/mol. The Balaban J connectivity index is 2.06. The van der Waals surface area contributed by atoms with E-state index in [9.17, 15) is 4.79 Å². The van der Waals surface area contributed by atoms with E-state index >= 15 is 0 Å². The molecule has 0 aromatic heterocycles. The zero-order valence-electron chi connectivity index (χ0n) is 13.4. The van der Waals surface area contributed by atoms with Gasteiger partial charge in [0.25, 0.3) is 0 Å². The SMILES string of the molecule is COc1ccc(C(Cl)C(=O)NCc2ccccc2C)cc1OC. The predicted molar refractivity (Wildman–Crippen MR) is 91.2 cm³/mol. The minimum atomic E-state index is -0.793. The van der Waals surface area contributed by atoms with Crippen LogP contribution in [0.3, 0.4) is 0 Å². The number of benzene rings is 2. The Labute approximate surface area is 141 Å². The van der Waals surface area contributed by atoms with E-state index in [2.05, 4.69) is 5.32 Å². The summed E-state index contributed by atoms with van der Waals surface area (Å²) in [5, 5.41) is 2.07. The van der Waals surface area contributed by atoms with Crippen molar-refractivity contribution in [3.63, 3.8) is 0 Å². The molecule has 2 rings (SSSR count).